The van der Waals surface area contributed by atoms with Crippen LogP contribution in [0.25, 0.3) is 0 Å². The average molecular weight is 397 g/mol. The van der Waals surface area contributed by atoms with Gasteiger partial charge in [-0.25, -0.2) is 9.97 Å². The number of rotatable bonds is 5. The summed E-state index contributed by atoms with van der Waals surface area (Å²) in [6, 6.07) is 7.42. The predicted molar refractivity (Wildman–Crippen MR) is 112 cm³/mol. The van der Waals surface area contributed by atoms with Gasteiger partial charge in [0.25, 0.3) is 0 Å². The molecule has 1 aromatic carbocycles. The van der Waals surface area contributed by atoms with Crippen molar-refractivity contribution >= 4 is 23.1 Å². The monoisotopic (exact) mass is 397 g/mol. The standard InChI is InChI=1S/C21H27N5O3/c1-28-18-4-2-17(3-5-18)24-21(27)16-6-8-25(9-7-16)19-14-22-15-23-20(19)26-10-12-29-13-11-26/h2-5,14-16H,6-13H2,1H3,(H,24,27). The van der Waals surface area contributed by atoms with E-state index in [1.807, 2.05) is 30.5 Å². The van der Waals surface area contributed by atoms with E-state index < -0.39 is 0 Å². The Balaban J connectivity index is 1.36. The summed E-state index contributed by atoms with van der Waals surface area (Å²) in [6.45, 7) is 4.74. The molecule has 0 radical (unpaired) electrons. The molecule has 3 heterocycles. The van der Waals surface area contributed by atoms with Crippen LogP contribution in [-0.2, 0) is 9.53 Å². The zero-order chi connectivity index (χ0) is 20.1. The summed E-state index contributed by atoms with van der Waals surface area (Å²) < 4.78 is 10.6. The summed E-state index contributed by atoms with van der Waals surface area (Å²) in [4.78, 5) is 26.0. The molecule has 0 spiro atoms. The molecular weight excluding hydrogens is 370 g/mol. The number of anilines is 3. The van der Waals surface area contributed by atoms with Crippen LogP contribution in [0.1, 0.15) is 12.8 Å². The molecule has 2 fully saturated rings. The van der Waals surface area contributed by atoms with Gasteiger partial charge in [-0.2, -0.15) is 0 Å². The molecule has 0 saturated carbocycles. The van der Waals surface area contributed by atoms with Crippen LogP contribution in [0.4, 0.5) is 17.2 Å². The first kappa shape index (κ1) is 19.4. The number of hydrogen-bond donors (Lipinski definition) is 1. The van der Waals surface area contributed by atoms with E-state index in [4.69, 9.17) is 9.47 Å². The second-order valence-corrected chi connectivity index (χ2v) is 7.31. The van der Waals surface area contributed by atoms with Crippen molar-refractivity contribution < 1.29 is 14.3 Å². The minimum absolute atomic E-state index is 0.00446. The molecule has 8 nitrogen and oxygen atoms in total. The van der Waals surface area contributed by atoms with Gasteiger partial charge in [-0.1, -0.05) is 0 Å². The second kappa shape index (κ2) is 9.09. The SMILES string of the molecule is COc1ccc(NC(=O)C2CCN(c3cncnc3N3CCOCC3)CC2)cc1. The van der Waals surface area contributed by atoms with E-state index in [1.54, 1.807) is 13.4 Å². The second-order valence-electron chi connectivity index (χ2n) is 7.31. The zero-order valence-electron chi connectivity index (χ0n) is 16.7. The number of carbonyl (C=O) groups is 1. The third-order valence-electron chi connectivity index (χ3n) is 5.55. The molecule has 4 rings (SSSR count). The third-order valence-corrected chi connectivity index (χ3v) is 5.55. The maximum absolute atomic E-state index is 12.7. The highest BCUT2D eigenvalue weighted by Gasteiger charge is 2.28. The molecule has 0 atom stereocenters. The van der Waals surface area contributed by atoms with Gasteiger partial charge in [0.1, 0.15) is 12.1 Å². The first-order valence-corrected chi connectivity index (χ1v) is 10.1. The van der Waals surface area contributed by atoms with Crippen LogP contribution in [0.5, 0.6) is 5.75 Å². The van der Waals surface area contributed by atoms with Crippen molar-refractivity contribution in [1.29, 1.82) is 0 Å². The van der Waals surface area contributed by atoms with Gasteiger partial charge < -0.3 is 24.6 Å². The lowest BCUT2D eigenvalue weighted by molar-refractivity contribution is -0.120. The minimum Gasteiger partial charge on any atom is -0.497 e. The lowest BCUT2D eigenvalue weighted by atomic mass is 9.95. The molecule has 2 saturated heterocycles. The largest absolute Gasteiger partial charge is 0.497 e. The van der Waals surface area contributed by atoms with Crippen molar-refractivity contribution in [1.82, 2.24) is 9.97 Å². The fourth-order valence-corrected chi connectivity index (χ4v) is 3.86. The number of carbonyl (C=O) groups excluding carboxylic acids is 1. The summed E-state index contributed by atoms with van der Waals surface area (Å²) in [7, 11) is 1.63. The molecule has 29 heavy (non-hydrogen) atoms. The number of benzene rings is 1. The minimum atomic E-state index is 0.00446. The quantitative estimate of drug-likeness (QED) is 0.828. The number of morpholine rings is 1. The van der Waals surface area contributed by atoms with Crippen molar-refractivity contribution in [2.24, 2.45) is 5.92 Å². The molecule has 0 aliphatic carbocycles. The van der Waals surface area contributed by atoms with Crippen LogP contribution in [0.2, 0.25) is 0 Å². The normalized spacial score (nSPS) is 17.8. The highest BCUT2D eigenvalue weighted by molar-refractivity contribution is 5.92. The highest BCUT2D eigenvalue weighted by Crippen LogP contribution is 2.30. The van der Waals surface area contributed by atoms with Gasteiger partial charge in [0.15, 0.2) is 5.82 Å². The molecule has 154 valence electrons. The molecule has 2 aromatic rings. The Morgan fingerprint density at radius 1 is 1.10 bits per heavy atom. The Hall–Kier alpha value is -2.87. The molecule has 0 bridgehead atoms. The van der Waals surface area contributed by atoms with Crippen molar-refractivity contribution in [3.63, 3.8) is 0 Å². The molecule has 2 aliphatic heterocycles. The summed E-state index contributed by atoms with van der Waals surface area (Å²) in [5.41, 5.74) is 1.84. The van der Waals surface area contributed by atoms with Gasteiger partial charge in [-0.05, 0) is 37.1 Å². The van der Waals surface area contributed by atoms with Crippen LogP contribution in [0.15, 0.2) is 36.8 Å². The van der Waals surface area contributed by atoms with Gasteiger partial charge >= 0.3 is 0 Å². The van der Waals surface area contributed by atoms with Gasteiger partial charge in [-0.15, -0.1) is 0 Å². The van der Waals surface area contributed by atoms with Crippen molar-refractivity contribution in [2.45, 2.75) is 12.8 Å². The van der Waals surface area contributed by atoms with E-state index in [1.165, 1.54) is 0 Å². The van der Waals surface area contributed by atoms with Crippen LogP contribution < -0.4 is 19.9 Å². The number of ether oxygens (including phenoxy) is 2. The molecule has 8 heteroatoms. The van der Waals surface area contributed by atoms with E-state index in [-0.39, 0.29) is 11.8 Å². The Bertz CT molecular complexity index is 815. The van der Waals surface area contributed by atoms with Crippen LogP contribution in [0, 0.1) is 5.92 Å². The Kier molecular flexibility index (Phi) is 6.09. The van der Waals surface area contributed by atoms with E-state index in [0.717, 1.165) is 75.2 Å². The summed E-state index contributed by atoms with van der Waals surface area (Å²) >= 11 is 0. The van der Waals surface area contributed by atoms with Crippen molar-refractivity contribution in [3.8, 4) is 5.75 Å². The average Bonchev–Trinajstić information content (AvgIpc) is 2.80. The van der Waals surface area contributed by atoms with Gasteiger partial charge in [0, 0.05) is 37.8 Å². The van der Waals surface area contributed by atoms with Crippen LogP contribution in [-0.4, -0.2) is 62.4 Å². The fourth-order valence-electron chi connectivity index (χ4n) is 3.86. The Morgan fingerprint density at radius 2 is 1.83 bits per heavy atom. The van der Waals surface area contributed by atoms with Crippen molar-refractivity contribution in [2.75, 3.05) is 61.6 Å². The van der Waals surface area contributed by atoms with Crippen LogP contribution >= 0.6 is 0 Å². The number of methoxy groups -OCH3 is 1. The highest BCUT2D eigenvalue weighted by atomic mass is 16.5. The smallest absolute Gasteiger partial charge is 0.227 e. The lowest BCUT2D eigenvalue weighted by Crippen LogP contribution is -2.41. The maximum atomic E-state index is 12.7. The lowest BCUT2D eigenvalue weighted by Gasteiger charge is -2.36. The molecule has 2 aliphatic rings. The topological polar surface area (TPSA) is 79.8 Å². The van der Waals surface area contributed by atoms with E-state index >= 15 is 0 Å². The number of piperidine rings is 1. The number of aromatic nitrogens is 2. The first-order chi connectivity index (χ1) is 14.2. The summed E-state index contributed by atoms with van der Waals surface area (Å²) in [5.74, 6) is 1.82. The Morgan fingerprint density at radius 3 is 2.52 bits per heavy atom. The van der Waals surface area contributed by atoms with Crippen LogP contribution in [0.3, 0.4) is 0 Å². The molecule has 1 aromatic heterocycles. The van der Waals surface area contributed by atoms with Gasteiger partial charge in [0.05, 0.1) is 32.2 Å². The summed E-state index contributed by atoms with van der Waals surface area (Å²) in [6.07, 6.45) is 5.10. The molecular formula is C21H27N5O3. The molecule has 1 N–H and O–H groups in total. The first-order valence-electron chi connectivity index (χ1n) is 10.1. The summed E-state index contributed by atoms with van der Waals surface area (Å²) in [5, 5.41) is 3.02. The zero-order valence-corrected chi connectivity index (χ0v) is 16.7. The third kappa shape index (κ3) is 4.59. The fraction of sp³-hybridized carbons (Fsp3) is 0.476. The van der Waals surface area contributed by atoms with E-state index in [0.29, 0.717) is 0 Å². The maximum Gasteiger partial charge on any atom is 0.227 e. The predicted octanol–water partition coefficient (Wildman–Crippen LogP) is 2.18. The Labute approximate surface area is 170 Å². The van der Waals surface area contributed by atoms with Gasteiger partial charge in [0.2, 0.25) is 5.91 Å². The molecule has 0 unspecified atom stereocenters. The number of nitrogens with zero attached hydrogens (tertiary/aromatic N) is 4. The van der Waals surface area contributed by atoms with E-state index in [2.05, 4.69) is 25.1 Å². The number of nitrogens with one attached hydrogen (secondary N) is 1. The van der Waals surface area contributed by atoms with Gasteiger partial charge in [-0.3, -0.25) is 4.79 Å². The molecule has 1 amide bonds. The van der Waals surface area contributed by atoms with E-state index in [9.17, 15) is 4.79 Å². The number of hydrogen-bond acceptors (Lipinski definition) is 7. The number of amides is 1. The van der Waals surface area contributed by atoms with Crippen molar-refractivity contribution in [3.05, 3.63) is 36.8 Å².